The summed E-state index contributed by atoms with van der Waals surface area (Å²) in [6, 6.07) is 4.17. The van der Waals surface area contributed by atoms with Crippen LogP contribution in [0.1, 0.15) is 53.6 Å². The van der Waals surface area contributed by atoms with E-state index in [4.69, 9.17) is 0 Å². The molecule has 0 radical (unpaired) electrons. The van der Waals surface area contributed by atoms with Gasteiger partial charge in [-0.2, -0.15) is 0 Å². The topological polar surface area (TPSA) is 37.5 Å². The second-order valence-electron chi connectivity index (χ2n) is 6.60. The van der Waals surface area contributed by atoms with E-state index in [-0.39, 0.29) is 6.42 Å². The summed E-state index contributed by atoms with van der Waals surface area (Å²) in [5, 5.41) is 10.6. The zero-order valence-electron chi connectivity index (χ0n) is 13.8. The molecule has 0 saturated heterocycles. The number of rotatable bonds is 4. The Morgan fingerprint density at radius 1 is 1.20 bits per heavy atom. The standard InChI is InChI=1S/C19H20F2N2OS/c20-13-6-4-5-12(18(13)21)9-10-16(24)15-11-22-19-23(15)14-7-2-1-3-8-17(14)25-19/h4-6,11,16,24H,1-3,7-10H2. The number of benzene rings is 1. The molecule has 0 bridgehead atoms. The van der Waals surface area contributed by atoms with Gasteiger partial charge >= 0.3 is 0 Å². The van der Waals surface area contributed by atoms with Gasteiger partial charge in [0.25, 0.3) is 0 Å². The molecule has 0 saturated carbocycles. The third kappa shape index (κ3) is 3.09. The van der Waals surface area contributed by atoms with Crippen LogP contribution < -0.4 is 0 Å². The number of halogens is 2. The first-order valence-electron chi connectivity index (χ1n) is 8.74. The van der Waals surface area contributed by atoms with Crippen LogP contribution >= 0.6 is 11.3 Å². The summed E-state index contributed by atoms with van der Waals surface area (Å²) in [4.78, 5) is 6.73. The molecule has 1 aliphatic carbocycles. The number of aliphatic hydroxyl groups is 1. The Morgan fingerprint density at radius 2 is 2.04 bits per heavy atom. The zero-order valence-corrected chi connectivity index (χ0v) is 14.7. The third-order valence-electron chi connectivity index (χ3n) is 4.94. The second-order valence-corrected chi connectivity index (χ2v) is 7.66. The van der Waals surface area contributed by atoms with Gasteiger partial charge in [-0.05, 0) is 50.2 Å². The molecular formula is C19H20F2N2OS. The summed E-state index contributed by atoms with van der Waals surface area (Å²) in [5.74, 6) is -1.67. The summed E-state index contributed by atoms with van der Waals surface area (Å²) in [5.41, 5.74) is 2.32. The SMILES string of the molecule is OC(CCc1cccc(F)c1F)c1cnc2sc3c(n12)CCCCC3. The number of imidazole rings is 1. The summed E-state index contributed by atoms with van der Waals surface area (Å²) in [6.45, 7) is 0. The van der Waals surface area contributed by atoms with Crippen molar-refractivity contribution in [2.24, 2.45) is 0 Å². The smallest absolute Gasteiger partial charge is 0.194 e. The molecule has 0 amide bonds. The van der Waals surface area contributed by atoms with Crippen LogP contribution in [-0.2, 0) is 19.3 Å². The van der Waals surface area contributed by atoms with Gasteiger partial charge in [-0.15, -0.1) is 11.3 Å². The van der Waals surface area contributed by atoms with Crippen LogP contribution in [0.25, 0.3) is 4.96 Å². The fourth-order valence-electron chi connectivity index (χ4n) is 3.60. The predicted molar refractivity (Wildman–Crippen MR) is 94.0 cm³/mol. The van der Waals surface area contributed by atoms with Crippen molar-refractivity contribution in [3.8, 4) is 0 Å². The molecule has 4 rings (SSSR count). The molecule has 0 fully saturated rings. The molecule has 132 valence electrons. The van der Waals surface area contributed by atoms with Crippen molar-refractivity contribution in [1.29, 1.82) is 0 Å². The Bertz CT molecular complexity index is 902. The van der Waals surface area contributed by atoms with Crippen molar-refractivity contribution in [3.63, 3.8) is 0 Å². The van der Waals surface area contributed by atoms with Gasteiger partial charge < -0.3 is 5.11 Å². The molecule has 2 heterocycles. The number of fused-ring (bicyclic) bond motifs is 3. The van der Waals surface area contributed by atoms with E-state index in [1.54, 1.807) is 23.6 Å². The van der Waals surface area contributed by atoms with E-state index >= 15 is 0 Å². The normalized spacial score (nSPS) is 16.0. The van der Waals surface area contributed by atoms with Gasteiger partial charge in [0.05, 0.1) is 18.0 Å². The Hall–Kier alpha value is -1.79. The number of aromatic nitrogens is 2. The summed E-state index contributed by atoms with van der Waals surface area (Å²) in [6.07, 6.45) is 7.24. The Balaban J connectivity index is 1.59. The van der Waals surface area contributed by atoms with E-state index in [0.717, 1.165) is 36.0 Å². The first kappa shape index (κ1) is 16.7. The van der Waals surface area contributed by atoms with E-state index in [0.29, 0.717) is 12.0 Å². The van der Waals surface area contributed by atoms with Gasteiger partial charge in [0.1, 0.15) is 0 Å². The number of aliphatic hydroxyl groups excluding tert-OH is 1. The third-order valence-corrected chi connectivity index (χ3v) is 6.10. The molecular weight excluding hydrogens is 342 g/mol. The van der Waals surface area contributed by atoms with Crippen molar-refractivity contribution in [2.75, 3.05) is 0 Å². The fourth-order valence-corrected chi connectivity index (χ4v) is 4.79. The molecule has 1 N–H and O–H groups in total. The van der Waals surface area contributed by atoms with Crippen LogP contribution in [0.4, 0.5) is 8.78 Å². The van der Waals surface area contributed by atoms with Crippen LogP contribution in [0.2, 0.25) is 0 Å². The molecule has 1 aliphatic rings. The lowest BCUT2D eigenvalue weighted by atomic mass is 10.0. The van der Waals surface area contributed by atoms with E-state index < -0.39 is 17.7 Å². The highest BCUT2D eigenvalue weighted by molar-refractivity contribution is 7.17. The first-order valence-corrected chi connectivity index (χ1v) is 9.55. The average Bonchev–Trinajstić information content (AvgIpc) is 3.08. The molecule has 3 aromatic rings. The molecule has 1 aromatic carbocycles. The lowest BCUT2D eigenvalue weighted by molar-refractivity contribution is 0.161. The van der Waals surface area contributed by atoms with Crippen LogP contribution in [0.15, 0.2) is 24.4 Å². The molecule has 3 nitrogen and oxygen atoms in total. The minimum Gasteiger partial charge on any atom is -0.387 e. The predicted octanol–water partition coefficient (Wildman–Crippen LogP) is 4.61. The highest BCUT2D eigenvalue weighted by atomic mass is 32.1. The van der Waals surface area contributed by atoms with Crippen molar-refractivity contribution >= 4 is 16.3 Å². The zero-order chi connectivity index (χ0) is 17.4. The van der Waals surface area contributed by atoms with E-state index in [2.05, 4.69) is 9.38 Å². The summed E-state index contributed by atoms with van der Waals surface area (Å²) in [7, 11) is 0. The van der Waals surface area contributed by atoms with Crippen LogP contribution in [0, 0.1) is 11.6 Å². The van der Waals surface area contributed by atoms with Crippen LogP contribution in [0.3, 0.4) is 0 Å². The molecule has 25 heavy (non-hydrogen) atoms. The van der Waals surface area contributed by atoms with Crippen LogP contribution in [-0.4, -0.2) is 14.5 Å². The number of hydrogen-bond donors (Lipinski definition) is 1. The maximum absolute atomic E-state index is 13.8. The minimum atomic E-state index is -0.845. The molecule has 1 atom stereocenters. The largest absolute Gasteiger partial charge is 0.387 e. The summed E-state index contributed by atoms with van der Waals surface area (Å²) < 4.78 is 29.2. The second kappa shape index (κ2) is 6.84. The van der Waals surface area contributed by atoms with Gasteiger partial charge in [-0.3, -0.25) is 4.40 Å². The number of thiazole rings is 1. The van der Waals surface area contributed by atoms with E-state index in [9.17, 15) is 13.9 Å². The van der Waals surface area contributed by atoms with Crippen molar-refractivity contribution in [3.05, 3.63) is 57.9 Å². The Morgan fingerprint density at radius 3 is 2.92 bits per heavy atom. The van der Waals surface area contributed by atoms with Crippen molar-refractivity contribution < 1.29 is 13.9 Å². The maximum atomic E-state index is 13.8. The number of nitrogens with zero attached hydrogens (tertiary/aromatic N) is 2. The molecule has 0 aliphatic heterocycles. The Kier molecular flexibility index (Phi) is 4.56. The summed E-state index contributed by atoms with van der Waals surface area (Å²) >= 11 is 1.70. The fraction of sp³-hybridized carbons (Fsp3) is 0.421. The maximum Gasteiger partial charge on any atom is 0.194 e. The lowest BCUT2D eigenvalue weighted by Gasteiger charge is -2.12. The van der Waals surface area contributed by atoms with Gasteiger partial charge in [-0.1, -0.05) is 18.6 Å². The minimum absolute atomic E-state index is 0.282. The Labute approximate surface area is 149 Å². The van der Waals surface area contributed by atoms with Gasteiger partial charge in [0, 0.05) is 10.6 Å². The van der Waals surface area contributed by atoms with Gasteiger partial charge in [-0.25, -0.2) is 13.8 Å². The number of hydrogen-bond acceptors (Lipinski definition) is 3. The van der Waals surface area contributed by atoms with Crippen LogP contribution in [0.5, 0.6) is 0 Å². The monoisotopic (exact) mass is 362 g/mol. The quantitative estimate of drug-likeness (QED) is 0.688. The average molecular weight is 362 g/mol. The van der Waals surface area contributed by atoms with E-state index in [1.165, 1.54) is 29.5 Å². The number of aryl methyl sites for hydroxylation is 3. The lowest BCUT2D eigenvalue weighted by Crippen LogP contribution is -2.06. The van der Waals surface area contributed by atoms with E-state index in [1.807, 2.05) is 0 Å². The van der Waals surface area contributed by atoms with Crippen molar-refractivity contribution in [2.45, 2.75) is 51.0 Å². The first-order chi connectivity index (χ1) is 12.1. The molecule has 1 unspecified atom stereocenters. The van der Waals surface area contributed by atoms with Crippen molar-refractivity contribution in [1.82, 2.24) is 9.38 Å². The molecule has 2 aromatic heterocycles. The van der Waals surface area contributed by atoms with Gasteiger partial charge in [0.15, 0.2) is 16.6 Å². The highest BCUT2D eigenvalue weighted by Gasteiger charge is 2.22. The van der Waals surface area contributed by atoms with Gasteiger partial charge in [0.2, 0.25) is 0 Å². The molecule has 0 spiro atoms. The highest BCUT2D eigenvalue weighted by Crippen LogP contribution is 2.32. The molecule has 6 heteroatoms.